The lowest BCUT2D eigenvalue weighted by molar-refractivity contribution is -0.144. The molecule has 1 atom stereocenters. The highest BCUT2D eigenvalue weighted by Crippen LogP contribution is 1.98. The van der Waals surface area contributed by atoms with Gasteiger partial charge in [0, 0.05) is 0 Å². The minimum Gasteiger partial charge on any atom is -0.466 e. The topological polar surface area (TPSA) is 46.5 Å². The van der Waals surface area contributed by atoms with E-state index in [9.17, 15) is 9.90 Å². The molecule has 3 nitrogen and oxygen atoms in total. The molecule has 0 spiro atoms. The van der Waals surface area contributed by atoms with Crippen molar-refractivity contribution < 1.29 is 14.6 Å². The smallest absolute Gasteiger partial charge is 0.308 e. The van der Waals surface area contributed by atoms with Gasteiger partial charge in [-0.05, 0) is 13.3 Å². The molecule has 0 radical (unpaired) electrons. The number of esters is 1. The molecule has 0 aliphatic heterocycles. The van der Waals surface area contributed by atoms with Crippen molar-refractivity contribution in [2.45, 2.75) is 39.2 Å². The monoisotopic (exact) mass is 186 g/mol. The largest absolute Gasteiger partial charge is 0.466 e. The SMILES string of the molecule is CCC/C=C\C(O)CC(=O)OCC. The predicted molar refractivity (Wildman–Crippen MR) is 51.3 cm³/mol. The third-order valence-electron chi connectivity index (χ3n) is 1.49. The number of unbranched alkanes of at least 4 members (excludes halogenated alkanes) is 1. The zero-order valence-electron chi connectivity index (χ0n) is 8.32. The Morgan fingerprint density at radius 2 is 2.23 bits per heavy atom. The van der Waals surface area contributed by atoms with E-state index >= 15 is 0 Å². The quantitative estimate of drug-likeness (QED) is 0.507. The first kappa shape index (κ1) is 12.2. The second kappa shape index (κ2) is 7.80. The molecule has 1 unspecified atom stereocenters. The fraction of sp³-hybridized carbons (Fsp3) is 0.700. The van der Waals surface area contributed by atoms with E-state index < -0.39 is 6.10 Å². The highest BCUT2D eigenvalue weighted by molar-refractivity contribution is 5.70. The number of hydrogen-bond acceptors (Lipinski definition) is 3. The first-order chi connectivity index (χ1) is 6.20. The molecule has 0 saturated heterocycles. The van der Waals surface area contributed by atoms with Gasteiger partial charge in [0.2, 0.25) is 0 Å². The van der Waals surface area contributed by atoms with Crippen molar-refractivity contribution in [1.82, 2.24) is 0 Å². The third kappa shape index (κ3) is 7.53. The van der Waals surface area contributed by atoms with Crippen molar-refractivity contribution in [2.24, 2.45) is 0 Å². The van der Waals surface area contributed by atoms with Crippen LogP contribution < -0.4 is 0 Å². The van der Waals surface area contributed by atoms with Gasteiger partial charge in [-0.2, -0.15) is 0 Å². The standard InChI is InChI=1S/C10H18O3/c1-3-5-6-7-9(11)8-10(12)13-4-2/h6-7,9,11H,3-5,8H2,1-2H3/b7-6-. The molecule has 3 heteroatoms. The Labute approximate surface area is 79.4 Å². The summed E-state index contributed by atoms with van der Waals surface area (Å²) in [4.78, 5) is 10.9. The molecule has 0 aliphatic rings. The Bertz CT molecular complexity index is 164. The van der Waals surface area contributed by atoms with Gasteiger partial charge in [-0.1, -0.05) is 25.5 Å². The molecule has 0 aromatic carbocycles. The third-order valence-corrected chi connectivity index (χ3v) is 1.49. The summed E-state index contributed by atoms with van der Waals surface area (Å²) in [5.74, 6) is -0.351. The molecule has 0 aliphatic carbocycles. The van der Waals surface area contributed by atoms with Crippen molar-refractivity contribution in [3.8, 4) is 0 Å². The van der Waals surface area contributed by atoms with Crippen molar-refractivity contribution in [3.63, 3.8) is 0 Å². The number of allylic oxidation sites excluding steroid dienone is 1. The van der Waals surface area contributed by atoms with Crippen molar-refractivity contribution in [2.75, 3.05) is 6.61 Å². The maximum absolute atomic E-state index is 10.9. The maximum Gasteiger partial charge on any atom is 0.308 e. The molecule has 0 saturated carbocycles. The lowest BCUT2D eigenvalue weighted by Crippen LogP contribution is -2.13. The number of aliphatic hydroxyl groups is 1. The number of ether oxygens (including phenoxy) is 1. The van der Waals surface area contributed by atoms with E-state index in [1.165, 1.54) is 0 Å². The molecular weight excluding hydrogens is 168 g/mol. The molecule has 13 heavy (non-hydrogen) atoms. The molecule has 0 rings (SSSR count). The number of carbonyl (C=O) groups is 1. The van der Waals surface area contributed by atoms with Gasteiger partial charge < -0.3 is 9.84 Å². The Morgan fingerprint density at radius 1 is 1.54 bits per heavy atom. The molecule has 0 amide bonds. The van der Waals surface area contributed by atoms with E-state index in [0.717, 1.165) is 12.8 Å². The summed E-state index contributed by atoms with van der Waals surface area (Å²) in [5, 5.41) is 9.29. The minimum absolute atomic E-state index is 0.0497. The lowest BCUT2D eigenvalue weighted by Gasteiger charge is -2.04. The average Bonchev–Trinajstić information content (AvgIpc) is 2.05. The molecule has 76 valence electrons. The Balaban J connectivity index is 3.60. The fourth-order valence-electron chi connectivity index (χ4n) is 0.879. The van der Waals surface area contributed by atoms with Crippen LogP contribution in [0.25, 0.3) is 0 Å². The van der Waals surface area contributed by atoms with E-state index in [-0.39, 0.29) is 12.4 Å². The molecular formula is C10H18O3. The zero-order chi connectivity index (χ0) is 10.1. The van der Waals surface area contributed by atoms with Crippen molar-refractivity contribution >= 4 is 5.97 Å². The summed E-state index contributed by atoms with van der Waals surface area (Å²) in [6, 6.07) is 0. The van der Waals surface area contributed by atoms with Crippen LogP contribution in [0.5, 0.6) is 0 Å². The van der Waals surface area contributed by atoms with Gasteiger partial charge in [0.05, 0.1) is 19.1 Å². The number of rotatable bonds is 6. The van der Waals surface area contributed by atoms with Crippen molar-refractivity contribution in [1.29, 1.82) is 0 Å². The molecule has 0 bridgehead atoms. The number of aliphatic hydroxyl groups excluding tert-OH is 1. The Morgan fingerprint density at radius 3 is 2.77 bits per heavy atom. The summed E-state index contributed by atoms with van der Waals surface area (Å²) in [5.41, 5.74) is 0. The number of hydrogen-bond donors (Lipinski definition) is 1. The zero-order valence-corrected chi connectivity index (χ0v) is 8.32. The molecule has 1 N–H and O–H groups in total. The maximum atomic E-state index is 10.9. The Hall–Kier alpha value is -0.830. The van der Waals surface area contributed by atoms with E-state index in [4.69, 9.17) is 0 Å². The van der Waals surface area contributed by atoms with Gasteiger partial charge in [-0.15, -0.1) is 0 Å². The summed E-state index contributed by atoms with van der Waals surface area (Å²) in [7, 11) is 0. The normalized spacial score (nSPS) is 13.2. The minimum atomic E-state index is -0.703. The van der Waals surface area contributed by atoms with E-state index in [0.29, 0.717) is 6.61 Å². The second-order valence-electron chi connectivity index (χ2n) is 2.79. The van der Waals surface area contributed by atoms with E-state index in [1.807, 2.05) is 6.08 Å². The van der Waals surface area contributed by atoms with Crippen LogP contribution >= 0.6 is 0 Å². The van der Waals surface area contributed by atoms with E-state index in [1.54, 1.807) is 13.0 Å². The van der Waals surface area contributed by atoms with Crippen LogP contribution in [0.1, 0.15) is 33.1 Å². The average molecular weight is 186 g/mol. The molecule has 0 heterocycles. The van der Waals surface area contributed by atoms with Gasteiger partial charge in [0.15, 0.2) is 0 Å². The van der Waals surface area contributed by atoms with Crippen molar-refractivity contribution in [3.05, 3.63) is 12.2 Å². The second-order valence-corrected chi connectivity index (χ2v) is 2.79. The van der Waals surface area contributed by atoms with Gasteiger partial charge in [-0.25, -0.2) is 0 Å². The van der Waals surface area contributed by atoms with Gasteiger partial charge in [0.25, 0.3) is 0 Å². The molecule has 0 fully saturated rings. The van der Waals surface area contributed by atoms with Gasteiger partial charge in [0.1, 0.15) is 0 Å². The van der Waals surface area contributed by atoms with Gasteiger partial charge in [-0.3, -0.25) is 4.79 Å². The Kier molecular flexibility index (Phi) is 7.30. The van der Waals surface area contributed by atoms with Crippen LogP contribution in [0.4, 0.5) is 0 Å². The summed E-state index contributed by atoms with van der Waals surface area (Å²) >= 11 is 0. The van der Waals surface area contributed by atoms with Crippen LogP contribution in [0, 0.1) is 0 Å². The van der Waals surface area contributed by atoms with Crippen LogP contribution in [0.3, 0.4) is 0 Å². The van der Waals surface area contributed by atoms with Crippen LogP contribution in [0.2, 0.25) is 0 Å². The van der Waals surface area contributed by atoms with Gasteiger partial charge >= 0.3 is 5.97 Å². The van der Waals surface area contributed by atoms with Crippen LogP contribution in [-0.4, -0.2) is 23.8 Å². The highest BCUT2D eigenvalue weighted by atomic mass is 16.5. The summed E-state index contributed by atoms with van der Waals surface area (Å²) < 4.78 is 4.69. The first-order valence-electron chi connectivity index (χ1n) is 4.71. The van der Waals surface area contributed by atoms with Crippen LogP contribution in [0.15, 0.2) is 12.2 Å². The summed E-state index contributed by atoms with van der Waals surface area (Å²) in [6.07, 6.45) is 4.84. The van der Waals surface area contributed by atoms with E-state index in [2.05, 4.69) is 11.7 Å². The number of carbonyl (C=O) groups excluding carboxylic acids is 1. The lowest BCUT2D eigenvalue weighted by atomic mass is 10.2. The highest BCUT2D eigenvalue weighted by Gasteiger charge is 2.07. The molecule has 0 aromatic rings. The predicted octanol–water partition coefficient (Wildman–Crippen LogP) is 1.66. The summed E-state index contributed by atoms with van der Waals surface area (Å²) in [6.45, 7) is 4.17. The van der Waals surface area contributed by atoms with Crippen LogP contribution in [-0.2, 0) is 9.53 Å². The molecule has 0 aromatic heterocycles. The first-order valence-corrected chi connectivity index (χ1v) is 4.71. The fourth-order valence-corrected chi connectivity index (χ4v) is 0.879.